The Bertz CT molecular complexity index is 372. The lowest BCUT2D eigenvalue weighted by atomic mass is 10.0. The van der Waals surface area contributed by atoms with Gasteiger partial charge in [0.1, 0.15) is 0 Å². The first kappa shape index (κ1) is 12.9. The van der Waals surface area contributed by atoms with Crippen LogP contribution in [0.5, 0.6) is 0 Å². The number of nitrogens with one attached hydrogen (secondary N) is 1. The lowest BCUT2D eigenvalue weighted by molar-refractivity contribution is 0.185. The number of rotatable bonds is 4. The van der Waals surface area contributed by atoms with Gasteiger partial charge in [-0.25, -0.2) is 4.79 Å². The summed E-state index contributed by atoms with van der Waals surface area (Å²) in [4.78, 5) is 12.7. The smallest absolute Gasteiger partial charge is 0.314 e. The van der Waals surface area contributed by atoms with Gasteiger partial charge in [-0.2, -0.15) is 0 Å². The fourth-order valence-electron chi connectivity index (χ4n) is 2.37. The van der Waals surface area contributed by atoms with Crippen molar-refractivity contribution in [2.75, 3.05) is 19.6 Å². The number of hydrogen-bond acceptors (Lipinski definition) is 2. The molecule has 0 aliphatic carbocycles. The van der Waals surface area contributed by atoms with Crippen LogP contribution in [0.1, 0.15) is 18.4 Å². The van der Waals surface area contributed by atoms with Crippen LogP contribution < -0.4 is 11.1 Å². The Kier molecular flexibility index (Phi) is 4.59. The summed E-state index contributed by atoms with van der Waals surface area (Å²) in [7, 11) is 0. The normalized spacial score (nSPS) is 16.8. The zero-order valence-electron chi connectivity index (χ0n) is 10.6. The molecule has 0 unspecified atom stereocenters. The predicted octanol–water partition coefficient (Wildman–Crippen LogP) is 1.36. The highest BCUT2D eigenvalue weighted by Crippen LogP contribution is 2.10. The van der Waals surface area contributed by atoms with E-state index in [1.807, 2.05) is 6.07 Å². The summed E-state index contributed by atoms with van der Waals surface area (Å²) >= 11 is 0. The average molecular weight is 247 g/mol. The van der Waals surface area contributed by atoms with Gasteiger partial charge >= 0.3 is 6.03 Å². The molecule has 0 atom stereocenters. The summed E-state index contributed by atoms with van der Waals surface area (Å²) in [6, 6.07) is 10.7. The van der Waals surface area contributed by atoms with E-state index in [1.54, 1.807) is 4.90 Å². The van der Waals surface area contributed by atoms with Gasteiger partial charge in [0.2, 0.25) is 0 Å². The number of piperidine rings is 1. The molecule has 1 aromatic carbocycles. The SMILES string of the molecule is NC(=O)N1CCC(NCCc2ccccc2)CC1. The van der Waals surface area contributed by atoms with Gasteiger partial charge in [0.15, 0.2) is 0 Å². The van der Waals surface area contributed by atoms with Crippen molar-refractivity contribution in [2.24, 2.45) is 5.73 Å². The number of likely N-dealkylation sites (tertiary alicyclic amines) is 1. The lowest BCUT2D eigenvalue weighted by Crippen LogP contribution is -2.47. The number of urea groups is 1. The second-order valence-electron chi connectivity index (χ2n) is 4.79. The minimum atomic E-state index is -0.294. The highest BCUT2D eigenvalue weighted by atomic mass is 16.2. The minimum Gasteiger partial charge on any atom is -0.351 e. The molecule has 0 spiro atoms. The van der Waals surface area contributed by atoms with Gasteiger partial charge in [0, 0.05) is 19.1 Å². The van der Waals surface area contributed by atoms with Crippen molar-refractivity contribution in [1.29, 1.82) is 0 Å². The number of amides is 2. The third-order valence-corrected chi connectivity index (χ3v) is 3.50. The second kappa shape index (κ2) is 6.40. The number of nitrogens with two attached hydrogens (primary N) is 1. The third-order valence-electron chi connectivity index (χ3n) is 3.50. The molecule has 2 amide bonds. The molecular weight excluding hydrogens is 226 g/mol. The minimum absolute atomic E-state index is 0.294. The lowest BCUT2D eigenvalue weighted by Gasteiger charge is -2.31. The molecule has 98 valence electrons. The first-order valence-electron chi connectivity index (χ1n) is 6.57. The van der Waals surface area contributed by atoms with Crippen LogP contribution in [0.2, 0.25) is 0 Å². The second-order valence-corrected chi connectivity index (χ2v) is 4.79. The standard InChI is InChI=1S/C14H21N3O/c15-14(18)17-10-7-13(8-11-17)16-9-6-12-4-2-1-3-5-12/h1-5,13,16H,6-11H2,(H2,15,18). The van der Waals surface area contributed by atoms with Crippen molar-refractivity contribution in [3.63, 3.8) is 0 Å². The molecule has 1 saturated heterocycles. The van der Waals surface area contributed by atoms with Crippen molar-refractivity contribution in [3.05, 3.63) is 35.9 Å². The van der Waals surface area contributed by atoms with Gasteiger partial charge < -0.3 is 16.0 Å². The third kappa shape index (κ3) is 3.74. The van der Waals surface area contributed by atoms with Crippen molar-refractivity contribution < 1.29 is 4.79 Å². The van der Waals surface area contributed by atoms with Crippen LogP contribution >= 0.6 is 0 Å². The molecule has 4 nitrogen and oxygen atoms in total. The molecule has 0 bridgehead atoms. The molecule has 1 fully saturated rings. The number of benzene rings is 1. The van der Waals surface area contributed by atoms with Crippen LogP contribution in [0.4, 0.5) is 4.79 Å². The zero-order valence-corrected chi connectivity index (χ0v) is 10.6. The van der Waals surface area contributed by atoms with Crippen LogP contribution in [-0.4, -0.2) is 36.6 Å². The number of carbonyl (C=O) groups is 1. The van der Waals surface area contributed by atoms with Gasteiger partial charge in [-0.05, 0) is 31.4 Å². The molecule has 1 aliphatic heterocycles. The molecule has 1 aromatic rings. The van der Waals surface area contributed by atoms with Crippen LogP contribution in [0.25, 0.3) is 0 Å². The van der Waals surface area contributed by atoms with E-state index in [0.717, 1.165) is 38.9 Å². The van der Waals surface area contributed by atoms with Gasteiger partial charge in [-0.1, -0.05) is 30.3 Å². The van der Waals surface area contributed by atoms with Crippen LogP contribution in [-0.2, 0) is 6.42 Å². The maximum atomic E-state index is 11.0. The van der Waals surface area contributed by atoms with Gasteiger partial charge in [-0.3, -0.25) is 0 Å². The monoisotopic (exact) mass is 247 g/mol. The average Bonchev–Trinajstić information content (AvgIpc) is 2.40. The largest absolute Gasteiger partial charge is 0.351 e. The predicted molar refractivity (Wildman–Crippen MR) is 72.3 cm³/mol. The van der Waals surface area contributed by atoms with E-state index in [2.05, 4.69) is 29.6 Å². The summed E-state index contributed by atoms with van der Waals surface area (Å²) in [5.74, 6) is 0. The van der Waals surface area contributed by atoms with Crippen molar-refractivity contribution in [1.82, 2.24) is 10.2 Å². The topological polar surface area (TPSA) is 58.4 Å². The van der Waals surface area contributed by atoms with E-state index in [-0.39, 0.29) is 6.03 Å². The van der Waals surface area contributed by atoms with Gasteiger partial charge in [0.05, 0.1) is 0 Å². The summed E-state index contributed by atoms with van der Waals surface area (Å²) in [6.07, 6.45) is 3.05. The van der Waals surface area contributed by atoms with Crippen molar-refractivity contribution in [2.45, 2.75) is 25.3 Å². The molecule has 0 saturated carbocycles. The highest BCUT2D eigenvalue weighted by molar-refractivity contribution is 5.72. The first-order valence-corrected chi connectivity index (χ1v) is 6.57. The van der Waals surface area contributed by atoms with Gasteiger partial charge in [0.25, 0.3) is 0 Å². The van der Waals surface area contributed by atoms with E-state index in [0.29, 0.717) is 6.04 Å². The molecule has 1 heterocycles. The van der Waals surface area contributed by atoms with Crippen LogP contribution in [0, 0.1) is 0 Å². The number of primary amides is 1. The Morgan fingerprint density at radius 2 is 1.94 bits per heavy atom. The first-order chi connectivity index (χ1) is 8.75. The van der Waals surface area contributed by atoms with Gasteiger partial charge in [-0.15, -0.1) is 0 Å². The fraction of sp³-hybridized carbons (Fsp3) is 0.500. The zero-order chi connectivity index (χ0) is 12.8. The summed E-state index contributed by atoms with van der Waals surface area (Å²) in [5.41, 5.74) is 6.62. The summed E-state index contributed by atoms with van der Waals surface area (Å²) < 4.78 is 0. The van der Waals surface area contributed by atoms with E-state index >= 15 is 0 Å². The summed E-state index contributed by atoms with van der Waals surface area (Å²) in [5, 5.41) is 3.55. The maximum absolute atomic E-state index is 11.0. The number of hydrogen-bond donors (Lipinski definition) is 2. The molecule has 4 heteroatoms. The highest BCUT2D eigenvalue weighted by Gasteiger charge is 2.20. The molecule has 0 aromatic heterocycles. The Hall–Kier alpha value is -1.55. The molecule has 1 aliphatic rings. The summed E-state index contributed by atoms with van der Waals surface area (Å²) in [6.45, 7) is 2.54. The fourth-order valence-corrected chi connectivity index (χ4v) is 2.37. The van der Waals surface area contributed by atoms with Crippen LogP contribution in [0.15, 0.2) is 30.3 Å². The molecule has 3 N–H and O–H groups in total. The Balaban J connectivity index is 1.65. The van der Waals surface area contributed by atoms with E-state index < -0.39 is 0 Å². The van der Waals surface area contributed by atoms with Crippen molar-refractivity contribution in [3.8, 4) is 0 Å². The quantitative estimate of drug-likeness (QED) is 0.844. The Morgan fingerprint density at radius 1 is 1.28 bits per heavy atom. The molecule has 2 rings (SSSR count). The van der Waals surface area contributed by atoms with E-state index in [1.165, 1.54) is 5.56 Å². The molecule has 0 radical (unpaired) electrons. The Labute approximate surface area is 108 Å². The molecule has 18 heavy (non-hydrogen) atoms. The van der Waals surface area contributed by atoms with Crippen molar-refractivity contribution >= 4 is 6.03 Å². The number of carbonyl (C=O) groups excluding carboxylic acids is 1. The maximum Gasteiger partial charge on any atom is 0.314 e. The number of nitrogens with zero attached hydrogens (tertiary/aromatic N) is 1. The Morgan fingerprint density at radius 3 is 2.56 bits per heavy atom. The van der Waals surface area contributed by atoms with E-state index in [9.17, 15) is 4.79 Å². The molecular formula is C14H21N3O. The van der Waals surface area contributed by atoms with Crippen LogP contribution in [0.3, 0.4) is 0 Å². The van der Waals surface area contributed by atoms with E-state index in [4.69, 9.17) is 5.73 Å².